The van der Waals surface area contributed by atoms with Crippen LogP contribution in [0.2, 0.25) is 0 Å². The molecule has 5 rings (SSSR count). The van der Waals surface area contributed by atoms with Gasteiger partial charge in [0.2, 0.25) is 0 Å². The van der Waals surface area contributed by atoms with Gasteiger partial charge < -0.3 is 0 Å². The van der Waals surface area contributed by atoms with Crippen LogP contribution in [0.4, 0.5) is 13.2 Å². The molecule has 196 valence electrons. The monoisotopic (exact) mass is 517 g/mol. The molecule has 0 N–H and O–H groups in total. The lowest BCUT2D eigenvalue weighted by Crippen LogP contribution is -2.33. The third kappa shape index (κ3) is 5.16. The van der Waals surface area contributed by atoms with E-state index in [1.54, 1.807) is 16.7 Å². The third-order valence-corrected chi connectivity index (χ3v) is 7.51. The van der Waals surface area contributed by atoms with Crippen LogP contribution >= 0.6 is 0 Å². The summed E-state index contributed by atoms with van der Waals surface area (Å²) in [4.78, 5) is 21.2. The van der Waals surface area contributed by atoms with Crippen molar-refractivity contribution in [2.45, 2.75) is 44.9 Å². The molecule has 0 aliphatic carbocycles. The molecule has 0 bridgehead atoms. The predicted octanol–water partition coefficient (Wildman–Crippen LogP) is 6.37. The summed E-state index contributed by atoms with van der Waals surface area (Å²) in [6, 6.07) is 24.9. The topological polar surface area (TPSA) is 38.1 Å². The van der Waals surface area contributed by atoms with Crippen LogP contribution in [-0.4, -0.2) is 27.5 Å². The van der Waals surface area contributed by atoms with Crippen molar-refractivity contribution in [1.82, 2.24) is 14.5 Å². The van der Waals surface area contributed by atoms with E-state index >= 15 is 0 Å². The first-order chi connectivity index (χ1) is 18.2. The van der Waals surface area contributed by atoms with Gasteiger partial charge in [-0.3, -0.25) is 14.3 Å². The van der Waals surface area contributed by atoms with Crippen molar-refractivity contribution < 1.29 is 13.2 Å². The number of aryl methyl sites for hydroxylation is 1. The summed E-state index contributed by atoms with van der Waals surface area (Å²) in [5.74, 6) is 0.663. The van der Waals surface area contributed by atoms with Crippen molar-refractivity contribution in [2.24, 2.45) is 0 Å². The maximum Gasteiger partial charge on any atom is 0.416 e. The van der Waals surface area contributed by atoms with E-state index in [1.165, 1.54) is 0 Å². The summed E-state index contributed by atoms with van der Waals surface area (Å²) in [6.45, 7) is 5.17. The summed E-state index contributed by atoms with van der Waals surface area (Å²) in [6.07, 6.45) is -3.21. The van der Waals surface area contributed by atoms with E-state index in [-0.39, 0.29) is 17.6 Å². The fourth-order valence-corrected chi connectivity index (χ4v) is 5.42. The van der Waals surface area contributed by atoms with Gasteiger partial charge in [0.25, 0.3) is 5.56 Å². The second-order valence-corrected chi connectivity index (χ2v) is 9.82. The van der Waals surface area contributed by atoms with Gasteiger partial charge in [0.15, 0.2) is 0 Å². The van der Waals surface area contributed by atoms with Gasteiger partial charge in [-0.15, -0.1) is 0 Å². The number of benzene rings is 3. The molecule has 2 heterocycles. The van der Waals surface area contributed by atoms with E-state index in [0.29, 0.717) is 31.8 Å². The lowest BCUT2D eigenvalue weighted by Gasteiger charge is -2.28. The minimum absolute atomic E-state index is 0.0331. The molecule has 0 radical (unpaired) electrons. The van der Waals surface area contributed by atoms with Crippen molar-refractivity contribution >= 4 is 0 Å². The molecule has 4 nitrogen and oxygen atoms in total. The number of rotatable bonds is 5. The van der Waals surface area contributed by atoms with E-state index in [1.807, 2.05) is 74.5 Å². The van der Waals surface area contributed by atoms with Crippen LogP contribution < -0.4 is 5.56 Å². The van der Waals surface area contributed by atoms with E-state index in [0.717, 1.165) is 40.1 Å². The van der Waals surface area contributed by atoms with Crippen LogP contribution in [-0.2, 0) is 19.0 Å². The second kappa shape index (κ2) is 10.6. The van der Waals surface area contributed by atoms with Crippen molar-refractivity contribution in [1.29, 1.82) is 0 Å². The summed E-state index contributed by atoms with van der Waals surface area (Å²) < 4.78 is 40.8. The van der Waals surface area contributed by atoms with Crippen molar-refractivity contribution in [2.75, 3.05) is 13.1 Å². The van der Waals surface area contributed by atoms with E-state index in [2.05, 4.69) is 4.90 Å². The molecule has 0 saturated carbocycles. The summed E-state index contributed by atoms with van der Waals surface area (Å²) in [5.41, 5.74) is 3.69. The summed E-state index contributed by atoms with van der Waals surface area (Å²) in [7, 11) is 0. The van der Waals surface area contributed by atoms with Crippen LogP contribution in [0.15, 0.2) is 89.7 Å². The Labute approximate surface area is 220 Å². The normalized spacial score (nSPS) is 15.2. The highest BCUT2D eigenvalue weighted by Gasteiger charge is 2.31. The molecule has 0 spiro atoms. The van der Waals surface area contributed by atoms with Crippen molar-refractivity contribution in [3.8, 4) is 0 Å². The lowest BCUT2D eigenvalue weighted by atomic mass is 9.97. The Bertz CT molecular complexity index is 1410. The average molecular weight is 518 g/mol. The number of hydrogen-bond acceptors (Lipinski definition) is 3. The van der Waals surface area contributed by atoms with Gasteiger partial charge >= 0.3 is 6.18 Å². The quantitative estimate of drug-likeness (QED) is 0.309. The molecule has 1 atom stereocenters. The molecule has 1 aliphatic rings. The van der Waals surface area contributed by atoms with E-state index < -0.39 is 11.7 Å². The van der Waals surface area contributed by atoms with Gasteiger partial charge in [0.05, 0.1) is 17.3 Å². The zero-order valence-corrected chi connectivity index (χ0v) is 21.4. The minimum atomic E-state index is -4.35. The maximum absolute atomic E-state index is 14.1. The van der Waals surface area contributed by atoms with Gasteiger partial charge in [-0.1, -0.05) is 72.8 Å². The largest absolute Gasteiger partial charge is 0.416 e. The Balaban J connectivity index is 1.46. The minimum Gasteiger partial charge on any atom is -0.296 e. The Morgan fingerprint density at radius 2 is 1.34 bits per heavy atom. The predicted molar refractivity (Wildman–Crippen MR) is 142 cm³/mol. The van der Waals surface area contributed by atoms with E-state index in [4.69, 9.17) is 4.98 Å². The highest BCUT2D eigenvalue weighted by molar-refractivity contribution is 5.35. The number of fused-ring (bicyclic) bond motifs is 1. The standard InChI is InChI=1S/C31H30F3N3O/c1-21(23-13-15-26(16-14-23)31(32,33)34)36-19-17-27-28(18-20-36)35-22(2)37(30(27)38)29(24-9-5-3-6-10-24)25-11-7-4-8-12-25/h3-16,21,29H,17-20H2,1-2H3. The first-order valence-electron chi connectivity index (χ1n) is 12.9. The van der Waals surface area contributed by atoms with Gasteiger partial charge in [-0.25, -0.2) is 4.98 Å². The first-order valence-corrected chi connectivity index (χ1v) is 12.9. The fourth-order valence-electron chi connectivity index (χ4n) is 5.42. The highest BCUT2D eigenvalue weighted by Crippen LogP contribution is 2.32. The number of nitrogens with zero attached hydrogens (tertiary/aromatic N) is 3. The molecule has 0 fully saturated rings. The number of aromatic nitrogens is 2. The fraction of sp³-hybridized carbons (Fsp3) is 0.290. The highest BCUT2D eigenvalue weighted by atomic mass is 19.4. The molecule has 38 heavy (non-hydrogen) atoms. The summed E-state index contributed by atoms with van der Waals surface area (Å²) >= 11 is 0. The van der Waals surface area contributed by atoms with E-state index in [9.17, 15) is 18.0 Å². The Kier molecular flexibility index (Phi) is 7.21. The van der Waals surface area contributed by atoms with Crippen LogP contribution in [0, 0.1) is 6.92 Å². The van der Waals surface area contributed by atoms with Crippen LogP contribution in [0.5, 0.6) is 0 Å². The zero-order chi connectivity index (χ0) is 26.9. The Morgan fingerprint density at radius 1 is 0.789 bits per heavy atom. The SMILES string of the molecule is Cc1nc2c(c(=O)n1C(c1ccccc1)c1ccccc1)CCN(C(C)c1ccc(C(F)(F)F)cc1)CC2. The molecule has 1 unspecified atom stereocenters. The number of hydrogen-bond donors (Lipinski definition) is 0. The van der Waals surface area contributed by atoms with Gasteiger partial charge in [-0.2, -0.15) is 13.2 Å². The van der Waals surface area contributed by atoms with Crippen molar-refractivity contribution in [3.63, 3.8) is 0 Å². The van der Waals surface area contributed by atoms with Crippen LogP contribution in [0.25, 0.3) is 0 Å². The van der Waals surface area contributed by atoms with Gasteiger partial charge in [-0.05, 0) is 49.1 Å². The van der Waals surface area contributed by atoms with Crippen LogP contribution in [0.3, 0.4) is 0 Å². The average Bonchev–Trinajstić information content (AvgIpc) is 3.14. The molecule has 0 amide bonds. The first kappa shape index (κ1) is 25.9. The lowest BCUT2D eigenvalue weighted by molar-refractivity contribution is -0.137. The molecule has 0 saturated heterocycles. The molecule has 1 aromatic heterocycles. The molecular formula is C31H30F3N3O. The molecular weight excluding hydrogens is 487 g/mol. The smallest absolute Gasteiger partial charge is 0.296 e. The number of alkyl halides is 3. The second-order valence-electron chi connectivity index (χ2n) is 9.82. The molecule has 7 heteroatoms. The third-order valence-electron chi connectivity index (χ3n) is 7.51. The maximum atomic E-state index is 14.1. The molecule has 3 aromatic carbocycles. The van der Waals surface area contributed by atoms with Gasteiger partial charge in [0.1, 0.15) is 5.82 Å². The Hall–Kier alpha value is -3.71. The van der Waals surface area contributed by atoms with Crippen LogP contribution in [0.1, 0.15) is 58.3 Å². The molecule has 4 aromatic rings. The number of halogens is 3. The van der Waals surface area contributed by atoms with Gasteiger partial charge in [0, 0.05) is 31.1 Å². The molecule has 1 aliphatic heterocycles. The Morgan fingerprint density at radius 3 is 1.89 bits per heavy atom. The summed E-state index contributed by atoms with van der Waals surface area (Å²) in [5, 5.41) is 0. The zero-order valence-electron chi connectivity index (χ0n) is 21.4. The van der Waals surface area contributed by atoms with Crippen molar-refractivity contribution in [3.05, 3.63) is 135 Å².